The molecule has 0 fully saturated rings. The Hall–Kier alpha value is -0.800. The average Bonchev–Trinajstić information content (AvgIpc) is 2.13. The van der Waals surface area contributed by atoms with Crippen LogP contribution in [0.2, 0.25) is 5.15 Å². The highest BCUT2D eigenvalue weighted by molar-refractivity contribution is 6.29. The van der Waals surface area contributed by atoms with Crippen molar-refractivity contribution >= 4 is 17.4 Å². The van der Waals surface area contributed by atoms with Gasteiger partial charge in [0.15, 0.2) is 0 Å². The number of halogens is 1. The van der Waals surface area contributed by atoms with Gasteiger partial charge in [0.05, 0.1) is 5.60 Å². The van der Waals surface area contributed by atoms with Gasteiger partial charge in [0.1, 0.15) is 11.0 Å². The van der Waals surface area contributed by atoms with Crippen molar-refractivity contribution < 1.29 is 5.11 Å². The molecule has 0 saturated heterocycles. The standard InChI is InChI=1S/C12H19ClN2O/c1-9(2)7-12(3,16)8-14-11-6-4-5-10(13)15-11/h4-6,9,16H,7-8H2,1-3H3,(H,14,15). The summed E-state index contributed by atoms with van der Waals surface area (Å²) in [6, 6.07) is 5.38. The molecule has 0 amide bonds. The van der Waals surface area contributed by atoms with Crippen molar-refractivity contribution in [3.8, 4) is 0 Å². The van der Waals surface area contributed by atoms with E-state index in [2.05, 4.69) is 24.1 Å². The van der Waals surface area contributed by atoms with Gasteiger partial charge in [-0.05, 0) is 31.4 Å². The van der Waals surface area contributed by atoms with Crippen LogP contribution in [0.4, 0.5) is 5.82 Å². The molecular formula is C12H19ClN2O. The molecule has 0 aliphatic carbocycles. The smallest absolute Gasteiger partial charge is 0.131 e. The number of nitrogens with zero attached hydrogens (tertiary/aromatic N) is 1. The highest BCUT2D eigenvalue weighted by Gasteiger charge is 2.21. The van der Waals surface area contributed by atoms with E-state index >= 15 is 0 Å². The second-order valence-electron chi connectivity index (χ2n) is 4.79. The zero-order valence-corrected chi connectivity index (χ0v) is 10.8. The van der Waals surface area contributed by atoms with Crippen molar-refractivity contribution in [2.45, 2.75) is 32.8 Å². The topological polar surface area (TPSA) is 45.1 Å². The molecule has 1 aromatic heterocycles. The fourth-order valence-corrected chi connectivity index (χ4v) is 1.90. The Morgan fingerprint density at radius 1 is 1.50 bits per heavy atom. The van der Waals surface area contributed by atoms with Gasteiger partial charge in [-0.2, -0.15) is 0 Å². The van der Waals surface area contributed by atoms with E-state index in [0.717, 1.165) is 6.42 Å². The van der Waals surface area contributed by atoms with Gasteiger partial charge >= 0.3 is 0 Å². The van der Waals surface area contributed by atoms with E-state index in [9.17, 15) is 5.11 Å². The van der Waals surface area contributed by atoms with E-state index in [4.69, 9.17) is 11.6 Å². The van der Waals surface area contributed by atoms with Crippen molar-refractivity contribution in [3.05, 3.63) is 23.4 Å². The highest BCUT2D eigenvalue weighted by Crippen LogP contribution is 2.17. The zero-order chi connectivity index (χ0) is 12.2. The van der Waals surface area contributed by atoms with Crippen molar-refractivity contribution in [2.75, 3.05) is 11.9 Å². The summed E-state index contributed by atoms with van der Waals surface area (Å²) >= 11 is 5.77. The molecule has 2 N–H and O–H groups in total. The third-order valence-electron chi connectivity index (χ3n) is 2.21. The molecule has 0 radical (unpaired) electrons. The highest BCUT2D eigenvalue weighted by atomic mass is 35.5. The molecule has 16 heavy (non-hydrogen) atoms. The molecule has 4 heteroatoms. The lowest BCUT2D eigenvalue weighted by atomic mass is 9.94. The molecule has 0 saturated carbocycles. The summed E-state index contributed by atoms with van der Waals surface area (Å²) in [5, 5.41) is 13.6. The Kier molecular flexibility index (Phi) is 4.56. The molecule has 1 atom stereocenters. The van der Waals surface area contributed by atoms with E-state index in [1.807, 2.05) is 19.1 Å². The van der Waals surface area contributed by atoms with Crippen molar-refractivity contribution in [2.24, 2.45) is 5.92 Å². The van der Waals surface area contributed by atoms with E-state index in [-0.39, 0.29) is 0 Å². The van der Waals surface area contributed by atoms with E-state index in [1.54, 1.807) is 6.07 Å². The minimum Gasteiger partial charge on any atom is -0.388 e. The van der Waals surface area contributed by atoms with Gasteiger partial charge in [0.2, 0.25) is 0 Å². The Morgan fingerprint density at radius 2 is 2.19 bits per heavy atom. The summed E-state index contributed by atoms with van der Waals surface area (Å²) in [5.74, 6) is 1.15. The van der Waals surface area contributed by atoms with Crippen LogP contribution in [0.1, 0.15) is 27.2 Å². The Balaban J connectivity index is 2.50. The van der Waals surface area contributed by atoms with Gasteiger partial charge in [-0.15, -0.1) is 0 Å². The zero-order valence-electron chi connectivity index (χ0n) is 10.00. The molecule has 3 nitrogen and oxygen atoms in total. The van der Waals surface area contributed by atoms with Crippen LogP contribution in [0.25, 0.3) is 0 Å². The molecule has 1 aromatic rings. The molecule has 0 aromatic carbocycles. The molecule has 0 bridgehead atoms. The SMILES string of the molecule is CC(C)CC(C)(O)CNc1cccc(Cl)n1. The van der Waals surface area contributed by atoms with Gasteiger partial charge < -0.3 is 10.4 Å². The van der Waals surface area contributed by atoms with Gasteiger partial charge in [0.25, 0.3) is 0 Å². The lowest BCUT2D eigenvalue weighted by molar-refractivity contribution is 0.0515. The Bertz CT molecular complexity index is 340. The van der Waals surface area contributed by atoms with Crippen LogP contribution in [-0.4, -0.2) is 22.2 Å². The van der Waals surface area contributed by atoms with Crippen LogP contribution in [0, 0.1) is 5.92 Å². The quantitative estimate of drug-likeness (QED) is 0.781. The van der Waals surface area contributed by atoms with E-state index in [0.29, 0.717) is 23.4 Å². The fraction of sp³-hybridized carbons (Fsp3) is 0.583. The normalized spacial score (nSPS) is 14.9. The number of nitrogens with one attached hydrogen (secondary N) is 1. The summed E-state index contributed by atoms with van der Waals surface area (Å²) < 4.78 is 0. The Morgan fingerprint density at radius 3 is 2.75 bits per heavy atom. The van der Waals surface area contributed by atoms with Crippen LogP contribution < -0.4 is 5.32 Å². The average molecular weight is 243 g/mol. The maximum Gasteiger partial charge on any atom is 0.131 e. The largest absolute Gasteiger partial charge is 0.388 e. The summed E-state index contributed by atoms with van der Waals surface area (Å²) in [6.07, 6.45) is 0.751. The van der Waals surface area contributed by atoms with Crippen LogP contribution in [0.3, 0.4) is 0 Å². The molecule has 1 rings (SSSR count). The van der Waals surface area contributed by atoms with Crippen LogP contribution >= 0.6 is 11.6 Å². The monoisotopic (exact) mass is 242 g/mol. The summed E-state index contributed by atoms with van der Waals surface area (Å²) in [5.41, 5.74) is -0.724. The lowest BCUT2D eigenvalue weighted by Gasteiger charge is -2.25. The first-order valence-electron chi connectivity index (χ1n) is 5.48. The Labute approximate surface area is 102 Å². The number of hydrogen-bond acceptors (Lipinski definition) is 3. The number of anilines is 1. The second kappa shape index (κ2) is 5.51. The predicted molar refractivity (Wildman–Crippen MR) is 67.8 cm³/mol. The third-order valence-corrected chi connectivity index (χ3v) is 2.42. The number of aliphatic hydroxyl groups is 1. The molecule has 1 unspecified atom stereocenters. The van der Waals surface area contributed by atoms with Crippen molar-refractivity contribution in [1.29, 1.82) is 0 Å². The lowest BCUT2D eigenvalue weighted by Crippen LogP contribution is -2.35. The first-order valence-corrected chi connectivity index (χ1v) is 5.86. The minimum atomic E-state index is -0.724. The molecule has 0 aliphatic heterocycles. The molecule has 0 aliphatic rings. The van der Waals surface area contributed by atoms with Gasteiger partial charge in [-0.3, -0.25) is 0 Å². The number of aromatic nitrogens is 1. The molecule has 1 heterocycles. The van der Waals surface area contributed by atoms with Gasteiger partial charge in [-0.25, -0.2) is 4.98 Å². The molecule has 90 valence electrons. The summed E-state index contributed by atoms with van der Waals surface area (Å²) in [7, 11) is 0. The maximum absolute atomic E-state index is 10.1. The summed E-state index contributed by atoms with van der Waals surface area (Å²) in [4.78, 5) is 4.10. The number of pyridine rings is 1. The maximum atomic E-state index is 10.1. The van der Waals surface area contributed by atoms with Crippen LogP contribution in [0.5, 0.6) is 0 Å². The van der Waals surface area contributed by atoms with E-state index in [1.165, 1.54) is 0 Å². The van der Waals surface area contributed by atoms with Crippen molar-refractivity contribution in [3.63, 3.8) is 0 Å². The predicted octanol–water partition coefficient (Wildman–Crippen LogP) is 2.94. The van der Waals surface area contributed by atoms with Gasteiger partial charge in [0, 0.05) is 6.54 Å². The first-order chi connectivity index (χ1) is 7.39. The molecular weight excluding hydrogens is 224 g/mol. The third kappa shape index (κ3) is 4.81. The van der Waals surface area contributed by atoms with Crippen molar-refractivity contribution in [1.82, 2.24) is 4.98 Å². The minimum absolute atomic E-state index is 0.452. The number of hydrogen-bond donors (Lipinski definition) is 2. The molecule has 0 spiro atoms. The van der Waals surface area contributed by atoms with Crippen LogP contribution in [0.15, 0.2) is 18.2 Å². The first kappa shape index (κ1) is 13.3. The fourth-order valence-electron chi connectivity index (χ4n) is 1.74. The van der Waals surface area contributed by atoms with E-state index < -0.39 is 5.60 Å². The second-order valence-corrected chi connectivity index (χ2v) is 5.18. The summed E-state index contributed by atoms with van der Waals surface area (Å²) in [6.45, 7) is 6.47. The van der Waals surface area contributed by atoms with Crippen LogP contribution in [-0.2, 0) is 0 Å². The van der Waals surface area contributed by atoms with Gasteiger partial charge in [-0.1, -0.05) is 31.5 Å². The number of rotatable bonds is 5.